The van der Waals surface area contributed by atoms with Gasteiger partial charge in [0.2, 0.25) is 0 Å². The highest BCUT2D eigenvalue weighted by Crippen LogP contribution is 2.22. The van der Waals surface area contributed by atoms with E-state index in [1.54, 1.807) is 27.7 Å². The predicted molar refractivity (Wildman–Crippen MR) is 96.9 cm³/mol. The van der Waals surface area contributed by atoms with Crippen molar-refractivity contribution in [1.29, 1.82) is 0 Å². The summed E-state index contributed by atoms with van der Waals surface area (Å²) >= 11 is 0. The minimum atomic E-state index is -3.63. The van der Waals surface area contributed by atoms with Crippen LogP contribution in [0.4, 0.5) is 0 Å². The molecule has 0 saturated heterocycles. The summed E-state index contributed by atoms with van der Waals surface area (Å²) in [6.45, 7) is 10.2. The molecule has 0 radical (unpaired) electrons. The van der Waals surface area contributed by atoms with E-state index in [2.05, 4.69) is 0 Å². The van der Waals surface area contributed by atoms with Crippen LogP contribution in [0.1, 0.15) is 67.2 Å². The Balaban J connectivity index is 4.94. The van der Waals surface area contributed by atoms with Crippen LogP contribution in [-0.2, 0) is 28.6 Å². The second-order valence-corrected chi connectivity index (χ2v) is 10.3. The molecule has 0 atom stereocenters. The van der Waals surface area contributed by atoms with Gasteiger partial charge in [-0.05, 0) is 40.5 Å². The molecule has 0 saturated carbocycles. The second-order valence-electron chi connectivity index (χ2n) is 6.94. The molecule has 0 fully saturated rings. The van der Waals surface area contributed by atoms with E-state index in [1.807, 2.05) is 13.8 Å². The molecule has 8 heteroatoms. The van der Waals surface area contributed by atoms with Crippen LogP contribution in [0.3, 0.4) is 0 Å². The highest BCUT2D eigenvalue weighted by Gasteiger charge is 2.28. The van der Waals surface area contributed by atoms with Crippen molar-refractivity contribution >= 4 is 20.2 Å². The molecule has 0 unspecified atom stereocenters. The number of unbranched alkanes of at least 4 members (excludes halogenated alkanes) is 2. The fourth-order valence-electron chi connectivity index (χ4n) is 1.84. The molecule has 0 spiro atoms. The molecule has 0 aliphatic heterocycles. The Hall–Kier alpha value is -0.440. The Morgan fingerprint density at radius 3 is 1.25 bits per heavy atom. The molecule has 0 aromatic rings. The Morgan fingerprint density at radius 2 is 1.00 bits per heavy atom. The summed E-state index contributed by atoms with van der Waals surface area (Å²) in [5.41, 5.74) is -2.17. The third-order valence-electron chi connectivity index (χ3n) is 3.07. The van der Waals surface area contributed by atoms with E-state index in [0.717, 1.165) is 12.8 Å². The lowest BCUT2D eigenvalue weighted by molar-refractivity contribution is 0.152. The molecule has 0 bridgehead atoms. The fourth-order valence-corrected chi connectivity index (χ4v) is 4.71. The summed E-state index contributed by atoms with van der Waals surface area (Å²) in [7, 11) is -7.25. The highest BCUT2D eigenvalue weighted by atomic mass is 32.2. The van der Waals surface area contributed by atoms with Crippen molar-refractivity contribution in [2.24, 2.45) is 0 Å². The average Bonchev–Trinajstić information content (AvgIpc) is 2.39. The molecule has 0 aromatic carbocycles. The van der Waals surface area contributed by atoms with Gasteiger partial charge in [0.15, 0.2) is 0 Å². The van der Waals surface area contributed by atoms with Crippen LogP contribution in [0.2, 0.25) is 0 Å². The number of hydrogen-bond donors (Lipinski definition) is 0. The molecular weight excluding hydrogens is 352 g/mol. The van der Waals surface area contributed by atoms with Crippen molar-refractivity contribution in [3.63, 3.8) is 0 Å². The normalized spacial score (nSPS) is 14.4. The smallest absolute Gasteiger partial charge is 0.260 e. The summed E-state index contributed by atoms with van der Waals surface area (Å²) in [4.78, 5) is 0. The zero-order valence-electron chi connectivity index (χ0n) is 15.7. The third kappa shape index (κ3) is 11.2. The van der Waals surface area contributed by atoms with E-state index in [9.17, 15) is 16.8 Å². The zero-order valence-corrected chi connectivity index (χ0v) is 17.3. The van der Waals surface area contributed by atoms with E-state index >= 15 is 0 Å². The molecule has 144 valence electrons. The van der Waals surface area contributed by atoms with Crippen LogP contribution in [0.15, 0.2) is 12.2 Å². The van der Waals surface area contributed by atoms with Gasteiger partial charge in [0.25, 0.3) is 20.2 Å². The SMILES string of the molecule is CCCCS(=O)(=O)OC(C)(C)C=CC(C)(C)OS(=O)(=O)CCCC. The van der Waals surface area contributed by atoms with Gasteiger partial charge in [-0.3, -0.25) is 8.37 Å². The molecule has 0 heterocycles. The Morgan fingerprint density at radius 1 is 0.708 bits per heavy atom. The van der Waals surface area contributed by atoms with Crippen molar-refractivity contribution < 1.29 is 25.2 Å². The summed E-state index contributed by atoms with van der Waals surface area (Å²) in [6, 6.07) is 0. The molecule has 0 aromatic heterocycles. The number of rotatable bonds is 12. The molecule has 0 amide bonds. The summed E-state index contributed by atoms with van der Waals surface area (Å²) < 4.78 is 58.0. The van der Waals surface area contributed by atoms with Crippen LogP contribution >= 0.6 is 0 Å². The molecule has 0 aliphatic carbocycles. The lowest BCUT2D eigenvalue weighted by Crippen LogP contribution is -2.31. The largest absolute Gasteiger partial charge is 0.268 e. The fraction of sp³-hybridized carbons (Fsp3) is 0.875. The van der Waals surface area contributed by atoms with Crippen LogP contribution in [0.25, 0.3) is 0 Å². The summed E-state index contributed by atoms with van der Waals surface area (Å²) in [5, 5.41) is 0. The molecule has 24 heavy (non-hydrogen) atoms. The van der Waals surface area contributed by atoms with Crippen molar-refractivity contribution in [2.45, 2.75) is 78.4 Å². The van der Waals surface area contributed by atoms with Gasteiger partial charge >= 0.3 is 0 Å². The Kier molecular flexibility index (Phi) is 9.14. The average molecular weight is 385 g/mol. The van der Waals surface area contributed by atoms with Gasteiger partial charge in [0, 0.05) is 0 Å². The Bertz CT molecular complexity index is 546. The molecular formula is C16H32O6S2. The van der Waals surface area contributed by atoms with Gasteiger partial charge in [-0.15, -0.1) is 0 Å². The quantitative estimate of drug-likeness (QED) is 0.379. The topological polar surface area (TPSA) is 86.7 Å². The van der Waals surface area contributed by atoms with Gasteiger partial charge < -0.3 is 0 Å². The first kappa shape index (κ1) is 23.6. The van der Waals surface area contributed by atoms with Crippen molar-refractivity contribution in [3.05, 3.63) is 12.2 Å². The molecule has 0 N–H and O–H groups in total. The van der Waals surface area contributed by atoms with E-state index in [-0.39, 0.29) is 11.5 Å². The lowest BCUT2D eigenvalue weighted by atomic mass is 10.0. The van der Waals surface area contributed by atoms with Crippen molar-refractivity contribution in [2.75, 3.05) is 11.5 Å². The first-order valence-electron chi connectivity index (χ1n) is 8.31. The highest BCUT2D eigenvalue weighted by molar-refractivity contribution is 7.87. The van der Waals surface area contributed by atoms with E-state index in [4.69, 9.17) is 8.37 Å². The Labute approximate surface area is 147 Å². The zero-order chi connectivity index (χ0) is 19.1. The van der Waals surface area contributed by atoms with E-state index in [0.29, 0.717) is 12.8 Å². The molecule has 0 rings (SSSR count). The maximum Gasteiger partial charge on any atom is 0.268 e. The van der Waals surface area contributed by atoms with Gasteiger partial charge in [0.05, 0.1) is 11.5 Å². The maximum absolute atomic E-state index is 11.9. The summed E-state index contributed by atoms with van der Waals surface area (Å²) in [5.74, 6) is -0.0713. The molecule has 0 aliphatic rings. The molecule has 6 nitrogen and oxygen atoms in total. The van der Waals surface area contributed by atoms with Gasteiger partial charge in [-0.1, -0.05) is 38.8 Å². The third-order valence-corrected chi connectivity index (χ3v) is 6.01. The van der Waals surface area contributed by atoms with Crippen LogP contribution < -0.4 is 0 Å². The van der Waals surface area contributed by atoms with Gasteiger partial charge in [-0.25, -0.2) is 0 Å². The van der Waals surface area contributed by atoms with Gasteiger partial charge in [0.1, 0.15) is 11.2 Å². The first-order valence-corrected chi connectivity index (χ1v) is 11.5. The van der Waals surface area contributed by atoms with Crippen molar-refractivity contribution in [3.8, 4) is 0 Å². The standard InChI is InChI=1S/C16H32O6S2/c1-7-9-13-23(17,18)21-15(3,4)11-12-16(5,6)22-24(19,20)14-10-8-2/h11-12H,7-10,13-14H2,1-6H3. The monoisotopic (exact) mass is 384 g/mol. The summed E-state index contributed by atoms with van der Waals surface area (Å²) in [6.07, 6.45) is 5.63. The van der Waals surface area contributed by atoms with Gasteiger partial charge in [-0.2, -0.15) is 16.8 Å². The lowest BCUT2D eigenvalue weighted by Gasteiger charge is -2.25. The van der Waals surface area contributed by atoms with E-state index in [1.165, 1.54) is 12.2 Å². The first-order chi connectivity index (χ1) is 10.7. The predicted octanol–water partition coefficient (Wildman–Crippen LogP) is 3.39. The maximum atomic E-state index is 11.9. The van der Waals surface area contributed by atoms with Crippen molar-refractivity contribution in [1.82, 2.24) is 0 Å². The van der Waals surface area contributed by atoms with Crippen LogP contribution in [0.5, 0.6) is 0 Å². The van der Waals surface area contributed by atoms with Crippen LogP contribution in [0, 0.1) is 0 Å². The second kappa shape index (κ2) is 9.31. The van der Waals surface area contributed by atoms with E-state index < -0.39 is 31.4 Å². The van der Waals surface area contributed by atoms with Crippen LogP contribution in [-0.4, -0.2) is 39.5 Å². The minimum absolute atomic E-state index is 0.0357. The minimum Gasteiger partial charge on any atom is -0.260 e. The number of hydrogen-bond acceptors (Lipinski definition) is 6.